The highest BCUT2D eigenvalue weighted by Crippen LogP contribution is 2.44. The van der Waals surface area contributed by atoms with E-state index in [0.717, 1.165) is 38.8 Å². The average Bonchev–Trinajstić information content (AvgIpc) is 2.46. The number of nitrogens with one attached hydrogen (secondary N) is 1. The fourth-order valence-corrected chi connectivity index (χ4v) is 3.83. The molecule has 4 nitrogen and oxygen atoms in total. The zero-order chi connectivity index (χ0) is 15.5. The molecule has 2 fully saturated rings. The van der Waals surface area contributed by atoms with Crippen molar-refractivity contribution in [3.63, 3.8) is 0 Å². The zero-order valence-electron chi connectivity index (χ0n) is 13.9. The van der Waals surface area contributed by atoms with Crippen molar-refractivity contribution < 1.29 is 9.53 Å². The van der Waals surface area contributed by atoms with Crippen LogP contribution in [0.2, 0.25) is 0 Å². The van der Waals surface area contributed by atoms with Gasteiger partial charge in [-0.1, -0.05) is 20.8 Å². The first-order chi connectivity index (χ1) is 9.93. The van der Waals surface area contributed by atoms with Crippen molar-refractivity contribution in [1.82, 2.24) is 5.32 Å². The van der Waals surface area contributed by atoms with E-state index in [-0.39, 0.29) is 23.3 Å². The molecular weight excluding hydrogens is 264 g/mol. The number of nitrogens with two attached hydrogens (primary N) is 1. The molecule has 21 heavy (non-hydrogen) atoms. The molecule has 1 heterocycles. The van der Waals surface area contributed by atoms with Gasteiger partial charge in [-0.2, -0.15) is 0 Å². The van der Waals surface area contributed by atoms with Gasteiger partial charge in [-0.3, -0.25) is 4.79 Å². The number of hydrogen-bond acceptors (Lipinski definition) is 3. The van der Waals surface area contributed by atoms with E-state index in [4.69, 9.17) is 10.5 Å². The molecule has 0 spiro atoms. The lowest BCUT2D eigenvalue weighted by molar-refractivity contribution is -0.132. The Labute approximate surface area is 129 Å². The molecule has 0 bridgehead atoms. The number of carbonyl (C=O) groups excluding carboxylic acids is 1. The first kappa shape index (κ1) is 16.8. The van der Waals surface area contributed by atoms with Gasteiger partial charge in [-0.25, -0.2) is 0 Å². The van der Waals surface area contributed by atoms with Gasteiger partial charge in [0, 0.05) is 25.1 Å². The van der Waals surface area contributed by atoms with Gasteiger partial charge in [0.05, 0.1) is 6.10 Å². The van der Waals surface area contributed by atoms with Crippen LogP contribution in [-0.2, 0) is 9.53 Å². The van der Waals surface area contributed by atoms with Gasteiger partial charge in [0.15, 0.2) is 0 Å². The van der Waals surface area contributed by atoms with Gasteiger partial charge in [-0.15, -0.1) is 0 Å². The van der Waals surface area contributed by atoms with Gasteiger partial charge < -0.3 is 15.8 Å². The second-order valence-electron chi connectivity index (χ2n) is 7.47. The lowest BCUT2D eigenvalue weighted by Gasteiger charge is -2.46. The Balaban J connectivity index is 1.79. The topological polar surface area (TPSA) is 64.4 Å². The quantitative estimate of drug-likeness (QED) is 0.837. The number of carbonyl (C=O) groups is 1. The van der Waals surface area contributed by atoms with E-state index in [9.17, 15) is 4.79 Å². The highest BCUT2D eigenvalue weighted by atomic mass is 16.5. The molecule has 2 rings (SSSR count). The van der Waals surface area contributed by atoms with Gasteiger partial charge >= 0.3 is 0 Å². The minimum atomic E-state index is -0.0247. The van der Waals surface area contributed by atoms with Crippen molar-refractivity contribution >= 4 is 5.91 Å². The maximum Gasteiger partial charge on any atom is 0.223 e. The van der Waals surface area contributed by atoms with E-state index in [2.05, 4.69) is 26.1 Å². The van der Waals surface area contributed by atoms with Crippen LogP contribution in [0.5, 0.6) is 0 Å². The summed E-state index contributed by atoms with van der Waals surface area (Å²) in [6, 6.07) is 0.222. The van der Waals surface area contributed by atoms with Crippen LogP contribution < -0.4 is 11.1 Å². The molecule has 4 atom stereocenters. The fraction of sp³-hybridized carbons (Fsp3) is 0.941. The van der Waals surface area contributed by atoms with Gasteiger partial charge in [0.25, 0.3) is 0 Å². The molecule has 4 heteroatoms. The molecule has 1 aliphatic carbocycles. The Kier molecular flexibility index (Phi) is 5.67. The normalized spacial score (nSPS) is 36.2. The maximum absolute atomic E-state index is 12.5. The van der Waals surface area contributed by atoms with Crippen LogP contribution in [0.4, 0.5) is 0 Å². The van der Waals surface area contributed by atoms with E-state index in [0.29, 0.717) is 12.0 Å². The molecule has 1 saturated carbocycles. The summed E-state index contributed by atoms with van der Waals surface area (Å²) >= 11 is 0. The number of hydrogen-bond donors (Lipinski definition) is 2. The molecule has 0 aromatic rings. The summed E-state index contributed by atoms with van der Waals surface area (Å²) in [6.07, 6.45) is 6.70. The van der Waals surface area contributed by atoms with Crippen LogP contribution in [0.3, 0.4) is 0 Å². The van der Waals surface area contributed by atoms with Crippen LogP contribution in [0, 0.1) is 17.3 Å². The monoisotopic (exact) mass is 296 g/mol. The number of amides is 1. The molecule has 1 amide bonds. The standard InChI is InChI=1S/C17H32N2O2/c1-12-15(18)8-7-14(17(12,2)3)16(20)19-10-9-13-6-4-5-11-21-13/h12-15H,4-11,18H2,1-3H3,(H,19,20). The van der Waals surface area contributed by atoms with Crippen molar-refractivity contribution in [3.05, 3.63) is 0 Å². The highest BCUT2D eigenvalue weighted by Gasteiger charge is 2.44. The van der Waals surface area contributed by atoms with Crippen molar-refractivity contribution in [2.75, 3.05) is 13.2 Å². The lowest BCUT2D eigenvalue weighted by Crippen LogP contribution is -2.51. The smallest absolute Gasteiger partial charge is 0.223 e. The summed E-state index contributed by atoms with van der Waals surface area (Å²) in [4.78, 5) is 12.5. The predicted octanol–water partition coefficient (Wildman–Crippen LogP) is 2.46. The van der Waals surface area contributed by atoms with Crippen LogP contribution >= 0.6 is 0 Å². The van der Waals surface area contributed by atoms with E-state index in [1.165, 1.54) is 12.8 Å². The third-order valence-electron chi connectivity index (χ3n) is 5.86. The second-order valence-corrected chi connectivity index (χ2v) is 7.47. The Morgan fingerprint density at radius 2 is 2.05 bits per heavy atom. The molecule has 3 N–H and O–H groups in total. The Bertz CT molecular complexity index is 351. The Morgan fingerprint density at radius 1 is 1.29 bits per heavy atom. The highest BCUT2D eigenvalue weighted by molar-refractivity contribution is 5.79. The SMILES string of the molecule is CC1C(N)CCC(C(=O)NCCC2CCCCO2)C1(C)C. The lowest BCUT2D eigenvalue weighted by atomic mass is 9.61. The molecule has 1 saturated heterocycles. The summed E-state index contributed by atoms with van der Waals surface area (Å²) < 4.78 is 5.71. The van der Waals surface area contributed by atoms with Crippen molar-refractivity contribution in [2.24, 2.45) is 23.0 Å². The van der Waals surface area contributed by atoms with Crippen LogP contribution in [-0.4, -0.2) is 31.2 Å². The number of rotatable bonds is 4. The summed E-state index contributed by atoms with van der Waals surface area (Å²) in [6.45, 7) is 8.16. The molecule has 0 aromatic heterocycles. The summed E-state index contributed by atoms with van der Waals surface area (Å²) in [5, 5.41) is 3.13. The van der Waals surface area contributed by atoms with Crippen LogP contribution in [0.1, 0.15) is 59.3 Å². The summed E-state index contributed by atoms with van der Waals surface area (Å²) in [5.74, 6) is 0.665. The molecular formula is C17H32N2O2. The molecule has 0 radical (unpaired) electrons. The molecule has 0 aromatic carbocycles. The summed E-state index contributed by atoms with van der Waals surface area (Å²) in [5.41, 5.74) is 6.14. The van der Waals surface area contributed by atoms with E-state index >= 15 is 0 Å². The largest absolute Gasteiger partial charge is 0.378 e. The van der Waals surface area contributed by atoms with E-state index < -0.39 is 0 Å². The molecule has 2 aliphatic rings. The van der Waals surface area contributed by atoms with Crippen LogP contribution in [0.25, 0.3) is 0 Å². The molecule has 122 valence electrons. The third kappa shape index (κ3) is 3.98. The van der Waals surface area contributed by atoms with Crippen LogP contribution in [0.15, 0.2) is 0 Å². The fourth-order valence-electron chi connectivity index (χ4n) is 3.83. The van der Waals surface area contributed by atoms with Gasteiger partial charge in [-0.05, 0) is 49.9 Å². The van der Waals surface area contributed by atoms with Crippen molar-refractivity contribution in [3.8, 4) is 0 Å². The zero-order valence-corrected chi connectivity index (χ0v) is 13.9. The predicted molar refractivity (Wildman–Crippen MR) is 84.9 cm³/mol. The second kappa shape index (κ2) is 7.10. The Hall–Kier alpha value is -0.610. The average molecular weight is 296 g/mol. The minimum Gasteiger partial charge on any atom is -0.378 e. The van der Waals surface area contributed by atoms with Crippen molar-refractivity contribution in [2.45, 2.75) is 71.4 Å². The van der Waals surface area contributed by atoms with E-state index in [1.807, 2.05) is 0 Å². The third-order valence-corrected chi connectivity index (χ3v) is 5.86. The number of ether oxygens (including phenoxy) is 1. The molecule has 1 aliphatic heterocycles. The van der Waals surface area contributed by atoms with Gasteiger partial charge in [0.2, 0.25) is 5.91 Å². The molecule has 4 unspecified atom stereocenters. The first-order valence-electron chi connectivity index (χ1n) is 8.58. The first-order valence-corrected chi connectivity index (χ1v) is 8.58. The Morgan fingerprint density at radius 3 is 2.71 bits per heavy atom. The van der Waals surface area contributed by atoms with Crippen molar-refractivity contribution in [1.29, 1.82) is 0 Å². The van der Waals surface area contributed by atoms with E-state index in [1.54, 1.807) is 0 Å². The summed E-state index contributed by atoms with van der Waals surface area (Å²) in [7, 11) is 0. The minimum absolute atomic E-state index is 0.0247. The maximum atomic E-state index is 12.5. The van der Waals surface area contributed by atoms with Gasteiger partial charge in [0.1, 0.15) is 0 Å².